The van der Waals surface area contributed by atoms with Gasteiger partial charge in [0.15, 0.2) is 0 Å². The molecule has 0 radical (unpaired) electrons. The standard InChI is InChI=1S/C14H24N4O2S/c1-17(2)14(19)6-13-16-11(10-21-13)8-18(3)9-12-7-15-4-5-20-12/h10,12,15H,4-9H2,1-3H3. The Morgan fingerprint density at radius 2 is 2.33 bits per heavy atom. The molecule has 1 fully saturated rings. The molecule has 0 spiro atoms. The zero-order valence-corrected chi connectivity index (χ0v) is 13.8. The van der Waals surface area contributed by atoms with Crippen molar-refractivity contribution in [3.8, 4) is 0 Å². The Morgan fingerprint density at radius 1 is 1.52 bits per heavy atom. The molecule has 7 heteroatoms. The molecule has 1 atom stereocenters. The van der Waals surface area contributed by atoms with Gasteiger partial charge in [0.25, 0.3) is 0 Å². The van der Waals surface area contributed by atoms with Gasteiger partial charge < -0.3 is 15.0 Å². The Balaban J connectivity index is 1.79. The van der Waals surface area contributed by atoms with Crippen LogP contribution in [0.15, 0.2) is 5.38 Å². The van der Waals surface area contributed by atoms with E-state index in [1.807, 2.05) is 5.38 Å². The van der Waals surface area contributed by atoms with Crippen LogP contribution in [0.3, 0.4) is 0 Å². The molecule has 6 nitrogen and oxygen atoms in total. The van der Waals surface area contributed by atoms with Crippen LogP contribution in [-0.4, -0.2) is 74.2 Å². The lowest BCUT2D eigenvalue weighted by Crippen LogP contribution is -2.44. The number of hydrogen-bond acceptors (Lipinski definition) is 6. The van der Waals surface area contributed by atoms with Gasteiger partial charge in [-0.05, 0) is 7.05 Å². The molecule has 2 rings (SSSR count). The van der Waals surface area contributed by atoms with E-state index in [0.717, 1.165) is 43.5 Å². The molecule has 0 aliphatic carbocycles. The summed E-state index contributed by atoms with van der Waals surface area (Å²) in [6, 6.07) is 0. The van der Waals surface area contributed by atoms with Gasteiger partial charge in [0.1, 0.15) is 5.01 Å². The molecule has 1 aliphatic heterocycles. The molecule has 0 saturated carbocycles. The molecule has 1 unspecified atom stereocenters. The lowest BCUT2D eigenvalue weighted by molar-refractivity contribution is -0.127. The molecular weight excluding hydrogens is 288 g/mol. The van der Waals surface area contributed by atoms with Crippen LogP contribution in [0, 0.1) is 0 Å². The highest BCUT2D eigenvalue weighted by atomic mass is 32.1. The summed E-state index contributed by atoms with van der Waals surface area (Å²) in [5, 5.41) is 6.25. The summed E-state index contributed by atoms with van der Waals surface area (Å²) in [7, 11) is 5.60. The maximum atomic E-state index is 11.7. The largest absolute Gasteiger partial charge is 0.374 e. The van der Waals surface area contributed by atoms with Crippen molar-refractivity contribution in [1.29, 1.82) is 0 Å². The maximum absolute atomic E-state index is 11.7. The Bertz CT molecular complexity index is 458. The number of carbonyl (C=O) groups excluding carboxylic acids is 1. The fraction of sp³-hybridized carbons (Fsp3) is 0.714. The minimum absolute atomic E-state index is 0.0888. The van der Waals surface area contributed by atoms with E-state index in [0.29, 0.717) is 6.42 Å². The third kappa shape index (κ3) is 5.35. The molecule has 1 aromatic rings. The second-order valence-corrected chi connectivity index (χ2v) is 6.53. The molecule has 2 heterocycles. The topological polar surface area (TPSA) is 57.7 Å². The first-order valence-corrected chi connectivity index (χ1v) is 8.07. The Kier molecular flexibility index (Phi) is 6.10. The highest BCUT2D eigenvalue weighted by Crippen LogP contribution is 2.13. The van der Waals surface area contributed by atoms with Crippen molar-refractivity contribution in [3.63, 3.8) is 0 Å². The number of thiazole rings is 1. The zero-order valence-electron chi connectivity index (χ0n) is 13.0. The third-order valence-electron chi connectivity index (χ3n) is 3.35. The molecule has 1 aromatic heterocycles. The molecule has 21 heavy (non-hydrogen) atoms. The highest BCUT2D eigenvalue weighted by molar-refractivity contribution is 7.09. The fourth-order valence-electron chi connectivity index (χ4n) is 2.22. The van der Waals surface area contributed by atoms with E-state index < -0.39 is 0 Å². The van der Waals surface area contributed by atoms with Crippen molar-refractivity contribution >= 4 is 17.2 Å². The number of nitrogens with one attached hydrogen (secondary N) is 1. The Morgan fingerprint density at radius 3 is 3.00 bits per heavy atom. The summed E-state index contributed by atoms with van der Waals surface area (Å²) in [5.74, 6) is 0.0888. The van der Waals surface area contributed by atoms with Gasteiger partial charge in [-0.15, -0.1) is 11.3 Å². The minimum Gasteiger partial charge on any atom is -0.374 e. The summed E-state index contributed by atoms with van der Waals surface area (Å²) in [6.07, 6.45) is 0.633. The molecule has 0 aromatic carbocycles. The van der Waals surface area contributed by atoms with Crippen molar-refractivity contribution in [2.24, 2.45) is 0 Å². The van der Waals surface area contributed by atoms with E-state index in [1.54, 1.807) is 30.3 Å². The molecular formula is C14H24N4O2S. The van der Waals surface area contributed by atoms with E-state index in [2.05, 4.69) is 22.2 Å². The smallest absolute Gasteiger partial charge is 0.228 e. The number of hydrogen-bond donors (Lipinski definition) is 1. The number of likely N-dealkylation sites (N-methyl/N-ethyl adjacent to an activating group) is 2. The van der Waals surface area contributed by atoms with Crippen LogP contribution in [0.4, 0.5) is 0 Å². The molecule has 118 valence electrons. The van der Waals surface area contributed by atoms with E-state index in [4.69, 9.17) is 4.74 Å². The van der Waals surface area contributed by atoms with Gasteiger partial charge in [0.2, 0.25) is 5.91 Å². The van der Waals surface area contributed by atoms with Crippen molar-refractivity contribution in [2.45, 2.75) is 19.1 Å². The Labute approximate surface area is 130 Å². The number of aromatic nitrogens is 1. The summed E-state index contributed by atoms with van der Waals surface area (Å²) in [4.78, 5) is 20.0. The van der Waals surface area contributed by atoms with Crippen molar-refractivity contribution in [3.05, 3.63) is 16.1 Å². The van der Waals surface area contributed by atoms with E-state index >= 15 is 0 Å². The first kappa shape index (κ1) is 16.4. The van der Waals surface area contributed by atoms with Crippen LogP contribution in [0.5, 0.6) is 0 Å². The molecule has 1 amide bonds. The van der Waals surface area contributed by atoms with Gasteiger partial charge in [-0.1, -0.05) is 0 Å². The predicted octanol–water partition coefficient (Wildman–Crippen LogP) is 0.194. The van der Waals surface area contributed by atoms with E-state index in [-0.39, 0.29) is 12.0 Å². The average Bonchev–Trinajstić information content (AvgIpc) is 2.86. The summed E-state index contributed by atoms with van der Waals surface area (Å²) in [5.41, 5.74) is 1.02. The highest BCUT2D eigenvalue weighted by Gasteiger charge is 2.16. The SMILES string of the molecule is CN(Cc1csc(CC(=O)N(C)C)n1)CC1CNCCO1. The van der Waals surface area contributed by atoms with Crippen molar-refractivity contribution < 1.29 is 9.53 Å². The maximum Gasteiger partial charge on any atom is 0.228 e. The van der Waals surface area contributed by atoms with Crippen molar-refractivity contribution in [2.75, 3.05) is 47.4 Å². The Hall–Kier alpha value is -1.02. The van der Waals surface area contributed by atoms with Gasteiger partial charge >= 0.3 is 0 Å². The van der Waals surface area contributed by atoms with E-state index in [9.17, 15) is 4.79 Å². The second-order valence-electron chi connectivity index (χ2n) is 5.59. The van der Waals surface area contributed by atoms with Crippen LogP contribution in [0.1, 0.15) is 10.7 Å². The van der Waals surface area contributed by atoms with Crippen LogP contribution in [0.25, 0.3) is 0 Å². The monoisotopic (exact) mass is 312 g/mol. The first-order valence-electron chi connectivity index (χ1n) is 7.19. The zero-order chi connectivity index (χ0) is 15.2. The molecule has 1 saturated heterocycles. The lowest BCUT2D eigenvalue weighted by atomic mass is 10.3. The summed E-state index contributed by atoms with van der Waals surface area (Å²) in [6.45, 7) is 4.30. The predicted molar refractivity (Wildman–Crippen MR) is 83.5 cm³/mol. The van der Waals surface area contributed by atoms with Gasteiger partial charge in [-0.2, -0.15) is 0 Å². The average molecular weight is 312 g/mol. The minimum atomic E-state index is 0.0888. The molecule has 1 aliphatic rings. The number of carbonyl (C=O) groups is 1. The number of rotatable bonds is 6. The molecule has 1 N–H and O–H groups in total. The quantitative estimate of drug-likeness (QED) is 0.813. The van der Waals surface area contributed by atoms with Crippen molar-refractivity contribution in [1.82, 2.24) is 20.1 Å². The fourth-order valence-corrected chi connectivity index (χ4v) is 2.99. The summed E-state index contributed by atoms with van der Waals surface area (Å²) < 4.78 is 5.70. The normalized spacial score (nSPS) is 19.0. The van der Waals surface area contributed by atoms with Gasteiger partial charge in [0, 0.05) is 45.7 Å². The molecule has 0 bridgehead atoms. The van der Waals surface area contributed by atoms with E-state index in [1.165, 1.54) is 0 Å². The van der Waals surface area contributed by atoms with Crippen LogP contribution in [0.2, 0.25) is 0 Å². The third-order valence-corrected chi connectivity index (χ3v) is 4.25. The van der Waals surface area contributed by atoms with Gasteiger partial charge in [-0.25, -0.2) is 4.98 Å². The van der Waals surface area contributed by atoms with Gasteiger partial charge in [-0.3, -0.25) is 9.69 Å². The van der Waals surface area contributed by atoms with Crippen LogP contribution in [-0.2, 0) is 22.5 Å². The number of nitrogens with zero attached hydrogens (tertiary/aromatic N) is 3. The lowest BCUT2D eigenvalue weighted by Gasteiger charge is -2.27. The second kappa shape index (κ2) is 7.84. The van der Waals surface area contributed by atoms with Crippen LogP contribution >= 0.6 is 11.3 Å². The van der Waals surface area contributed by atoms with Crippen LogP contribution < -0.4 is 5.32 Å². The number of ether oxygens (including phenoxy) is 1. The number of amides is 1. The summed E-state index contributed by atoms with van der Waals surface area (Å²) >= 11 is 1.55. The van der Waals surface area contributed by atoms with Gasteiger partial charge in [0.05, 0.1) is 24.8 Å². The number of morpholine rings is 1. The first-order chi connectivity index (χ1) is 10.0.